The van der Waals surface area contributed by atoms with Crippen LogP contribution in [0.1, 0.15) is 16.7 Å². The molecule has 128 valence electrons. The van der Waals surface area contributed by atoms with Crippen molar-refractivity contribution in [1.82, 2.24) is 0 Å². The van der Waals surface area contributed by atoms with Crippen LogP contribution in [0.15, 0.2) is 88.8 Å². The van der Waals surface area contributed by atoms with Crippen molar-refractivity contribution in [2.24, 2.45) is 9.98 Å². The highest BCUT2D eigenvalue weighted by atomic mass is 32.2. The van der Waals surface area contributed by atoms with Crippen LogP contribution in [0.4, 0.5) is 11.4 Å². The number of hydrogen-bond acceptors (Lipinski definition) is 4. The van der Waals surface area contributed by atoms with Crippen molar-refractivity contribution in [2.75, 3.05) is 5.32 Å². The lowest BCUT2D eigenvalue weighted by atomic mass is 10.2. The molecule has 0 saturated carbocycles. The molecule has 0 radical (unpaired) electrons. The first-order valence-electron chi connectivity index (χ1n) is 8.55. The van der Waals surface area contributed by atoms with Gasteiger partial charge in [-0.2, -0.15) is 0 Å². The summed E-state index contributed by atoms with van der Waals surface area (Å²) < 4.78 is 0. The van der Waals surface area contributed by atoms with E-state index in [1.54, 1.807) is 11.8 Å². The zero-order chi connectivity index (χ0) is 17.8. The molecule has 1 aliphatic heterocycles. The summed E-state index contributed by atoms with van der Waals surface area (Å²) in [5.41, 5.74) is 5.47. The lowest BCUT2D eigenvalue weighted by Gasteiger charge is -2.15. The highest BCUT2D eigenvalue weighted by Gasteiger charge is 2.13. The molecule has 0 aromatic heterocycles. The molecule has 0 amide bonds. The predicted octanol–water partition coefficient (Wildman–Crippen LogP) is 5.79. The normalized spacial score (nSPS) is 13.7. The zero-order valence-electron chi connectivity index (χ0n) is 14.5. The Morgan fingerprint density at radius 1 is 0.808 bits per heavy atom. The van der Waals surface area contributed by atoms with Crippen molar-refractivity contribution in [3.8, 4) is 0 Å². The Hall–Kier alpha value is -2.85. The Bertz CT molecular complexity index is 960. The predicted molar refractivity (Wildman–Crippen MR) is 113 cm³/mol. The number of benzene rings is 3. The first-order chi connectivity index (χ1) is 12.8. The number of aryl methyl sites for hydroxylation is 1. The lowest BCUT2D eigenvalue weighted by molar-refractivity contribution is 1.34. The maximum atomic E-state index is 4.85. The molecule has 4 rings (SSSR count). The third-order valence-corrected chi connectivity index (χ3v) is 5.05. The summed E-state index contributed by atoms with van der Waals surface area (Å²) in [5, 5.41) is 4.29. The molecule has 0 aliphatic carbocycles. The summed E-state index contributed by atoms with van der Waals surface area (Å²) in [6.07, 6.45) is 0. The zero-order valence-corrected chi connectivity index (χ0v) is 15.3. The minimum Gasteiger partial charge on any atom is -0.335 e. The van der Waals surface area contributed by atoms with Gasteiger partial charge in [-0.3, -0.25) is 0 Å². The third kappa shape index (κ3) is 3.86. The van der Waals surface area contributed by atoms with E-state index in [2.05, 4.69) is 48.6 Å². The van der Waals surface area contributed by atoms with Gasteiger partial charge in [-0.05, 0) is 30.7 Å². The fraction of sp³-hybridized carbons (Fsp3) is 0.0909. The van der Waals surface area contributed by atoms with Crippen LogP contribution in [-0.4, -0.2) is 11.0 Å². The molecule has 1 aliphatic rings. The fourth-order valence-corrected chi connectivity index (χ4v) is 3.57. The number of amidine groups is 2. The summed E-state index contributed by atoms with van der Waals surface area (Å²) in [4.78, 5) is 9.69. The van der Waals surface area contributed by atoms with E-state index < -0.39 is 0 Å². The van der Waals surface area contributed by atoms with E-state index in [9.17, 15) is 0 Å². The van der Waals surface area contributed by atoms with E-state index >= 15 is 0 Å². The van der Waals surface area contributed by atoms with Crippen molar-refractivity contribution in [3.05, 3.63) is 95.6 Å². The van der Waals surface area contributed by atoms with Crippen LogP contribution >= 0.6 is 11.8 Å². The van der Waals surface area contributed by atoms with Crippen LogP contribution in [0.3, 0.4) is 0 Å². The summed E-state index contributed by atoms with van der Waals surface area (Å²) in [7, 11) is 0. The third-order valence-electron chi connectivity index (χ3n) is 4.12. The average Bonchev–Trinajstić information content (AvgIpc) is 2.67. The molecule has 0 atom stereocenters. The molecule has 3 nitrogen and oxygen atoms in total. The number of anilines is 1. The number of nitrogens with zero attached hydrogens (tertiary/aromatic N) is 2. The van der Waals surface area contributed by atoms with Crippen molar-refractivity contribution in [3.63, 3.8) is 0 Å². The van der Waals surface area contributed by atoms with Gasteiger partial charge >= 0.3 is 0 Å². The summed E-state index contributed by atoms with van der Waals surface area (Å²) >= 11 is 1.70. The molecule has 0 saturated heterocycles. The highest BCUT2D eigenvalue weighted by molar-refractivity contribution is 8.13. The number of fused-ring (bicyclic) bond motifs is 1. The molecule has 3 aromatic rings. The molecule has 3 aromatic carbocycles. The van der Waals surface area contributed by atoms with Gasteiger partial charge in [0.05, 0.1) is 5.69 Å². The lowest BCUT2D eigenvalue weighted by Crippen LogP contribution is -2.13. The van der Waals surface area contributed by atoms with E-state index in [0.717, 1.165) is 33.7 Å². The van der Waals surface area contributed by atoms with Gasteiger partial charge in [-0.15, -0.1) is 0 Å². The number of thioether (sulfide) groups is 1. The Morgan fingerprint density at radius 3 is 2.35 bits per heavy atom. The van der Waals surface area contributed by atoms with Gasteiger partial charge in [0, 0.05) is 17.0 Å². The minimum atomic E-state index is 0.722. The van der Waals surface area contributed by atoms with Crippen molar-refractivity contribution >= 4 is 34.1 Å². The first-order valence-corrected chi connectivity index (χ1v) is 9.54. The second-order valence-corrected chi connectivity index (χ2v) is 7.09. The van der Waals surface area contributed by atoms with Gasteiger partial charge in [0.15, 0.2) is 11.0 Å². The number of nitrogens with one attached hydrogen (secondary N) is 1. The second kappa shape index (κ2) is 7.58. The quantitative estimate of drug-likeness (QED) is 0.630. The Labute approximate surface area is 157 Å². The van der Waals surface area contributed by atoms with Gasteiger partial charge in [0.1, 0.15) is 0 Å². The molecule has 4 heteroatoms. The Morgan fingerprint density at radius 2 is 1.54 bits per heavy atom. The monoisotopic (exact) mass is 357 g/mol. The van der Waals surface area contributed by atoms with Gasteiger partial charge in [0.25, 0.3) is 0 Å². The Balaban J connectivity index is 1.74. The fourth-order valence-electron chi connectivity index (χ4n) is 2.70. The number of para-hydroxylation sites is 1. The van der Waals surface area contributed by atoms with Gasteiger partial charge in [0.2, 0.25) is 0 Å². The highest BCUT2D eigenvalue weighted by Crippen LogP contribution is 2.28. The summed E-state index contributed by atoms with van der Waals surface area (Å²) in [6.45, 7) is 2.09. The van der Waals surface area contributed by atoms with E-state index in [-0.39, 0.29) is 0 Å². The molecule has 0 fully saturated rings. The van der Waals surface area contributed by atoms with Gasteiger partial charge in [-0.1, -0.05) is 78.0 Å². The van der Waals surface area contributed by atoms with E-state index in [1.807, 2.05) is 42.5 Å². The smallest absolute Gasteiger partial charge is 0.168 e. The summed E-state index contributed by atoms with van der Waals surface area (Å²) in [5.74, 6) is 1.55. The van der Waals surface area contributed by atoms with Crippen LogP contribution in [-0.2, 0) is 5.75 Å². The molecule has 0 spiro atoms. The average molecular weight is 357 g/mol. The number of aliphatic imine (C=N–C) groups is 2. The largest absolute Gasteiger partial charge is 0.335 e. The van der Waals surface area contributed by atoms with E-state index in [1.165, 1.54) is 11.1 Å². The van der Waals surface area contributed by atoms with Crippen LogP contribution < -0.4 is 5.32 Å². The van der Waals surface area contributed by atoms with E-state index in [4.69, 9.17) is 9.98 Å². The number of rotatable bonds is 2. The Kier molecular flexibility index (Phi) is 4.84. The molecule has 26 heavy (non-hydrogen) atoms. The van der Waals surface area contributed by atoms with Crippen molar-refractivity contribution < 1.29 is 0 Å². The van der Waals surface area contributed by atoms with E-state index in [0.29, 0.717) is 0 Å². The minimum absolute atomic E-state index is 0.722. The summed E-state index contributed by atoms with van der Waals surface area (Å²) in [6, 6.07) is 26.7. The van der Waals surface area contributed by atoms with Gasteiger partial charge < -0.3 is 5.32 Å². The van der Waals surface area contributed by atoms with Crippen LogP contribution in [0.5, 0.6) is 0 Å². The standard InChI is InChI=1S/C22H19N3S/c1-16-11-13-19(14-12-16)23-22-25-21(17-7-3-2-4-8-17)24-20-10-6-5-9-18(20)15-26-22/h2-14H,15H2,1H3,(H,23,24,25). The first kappa shape index (κ1) is 16.6. The topological polar surface area (TPSA) is 36.8 Å². The molecule has 1 heterocycles. The number of hydrogen-bond donors (Lipinski definition) is 1. The van der Waals surface area contributed by atoms with Crippen LogP contribution in [0.2, 0.25) is 0 Å². The molecule has 0 bridgehead atoms. The second-order valence-electron chi connectivity index (χ2n) is 6.13. The maximum absolute atomic E-state index is 4.85. The molecule has 1 N–H and O–H groups in total. The van der Waals surface area contributed by atoms with Crippen LogP contribution in [0.25, 0.3) is 0 Å². The van der Waals surface area contributed by atoms with Crippen molar-refractivity contribution in [2.45, 2.75) is 12.7 Å². The molecule has 0 unspecified atom stereocenters. The maximum Gasteiger partial charge on any atom is 0.168 e. The molecular weight excluding hydrogens is 338 g/mol. The SMILES string of the molecule is Cc1ccc(NC2=NC(c3ccccc3)=Nc3ccccc3CS2)cc1. The van der Waals surface area contributed by atoms with Gasteiger partial charge in [-0.25, -0.2) is 9.98 Å². The molecular formula is C22H19N3S. The van der Waals surface area contributed by atoms with Crippen LogP contribution in [0, 0.1) is 6.92 Å². The van der Waals surface area contributed by atoms with Crippen molar-refractivity contribution in [1.29, 1.82) is 0 Å².